The van der Waals surface area contributed by atoms with Crippen molar-refractivity contribution in [3.8, 4) is 23.0 Å². The molecule has 0 aliphatic rings. The highest BCUT2D eigenvalue weighted by atomic mass is 16.5. The van der Waals surface area contributed by atoms with Crippen molar-refractivity contribution in [3.05, 3.63) is 59.7 Å². The topological polar surface area (TPSA) is 86.2 Å². The predicted octanol–water partition coefficient (Wildman–Crippen LogP) is 3.30. The number of methoxy groups -OCH3 is 4. The Morgan fingerprint density at radius 3 is 2.14 bits per heavy atom. The van der Waals surface area contributed by atoms with Crippen LogP contribution in [0.4, 0.5) is 0 Å². The first-order chi connectivity index (χ1) is 13.5. The Morgan fingerprint density at radius 1 is 1.00 bits per heavy atom. The summed E-state index contributed by atoms with van der Waals surface area (Å²) in [6, 6.07) is 8.98. The molecule has 2 aromatic rings. The van der Waals surface area contributed by atoms with Gasteiger partial charge in [-0.05, 0) is 52.6 Å². The molecule has 2 aromatic carbocycles. The molecule has 0 fully saturated rings. The molecule has 0 bridgehead atoms. The smallest absolute Gasteiger partial charge is 0.267 e. The van der Waals surface area contributed by atoms with Crippen molar-refractivity contribution in [2.45, 2.75) is 0 Å². The summed E-state index contributed by atoms with van der Waals surface area (Å²) >= 11 is 0. The average Bonchev–Trinajstić information content (AvgIpc) is 2.75. The molecule has 2 rings (SSSR count). The van der Waals surface area contributed by atoms with Crippen LogP contribution in [0.1, 0.15) is 16.7 Å². The van der Waals surface area contributed by atoms with Crippen LogP contribution in [0.5, 0.6) is 23.0 Å². The van der Waals surface area contributed by atoms with Crippen molar-refractivity contribution in [2.75, 3.05) is 28.4 Å². The molecule has 0 saturated carbocycles. The maximum absolute atomic E-state index is 11.4. The SMILES string of the molecule is C=C(c1cc(OC)c(OC)c(OC)c1)c1ccc(OC)cc1/C=C/C(=O)NO. The van der Waals surface area contributed by atoms with E-state index in [-0.39, 0.29) is 0 Å². The molecule has 1 amide bonds. The van der Waals surface area contributed by atoms with E-state index in [0.717, 1.165) is 11.1 Å². The minimum atomic E-state index is -0.646. The summed E-state index contributed by atoms with van der Waals surface area (Å²) in [6.45, 7) is 4.19. The first-order valence-corrected chi connectivity index (χ1v) is 8.28. The van der Waals surface area contributed by atoms with Gasteiger partial charge in [0.1, 0.15) is 5.75 Å². The second kappa shape index (κ2) is 9.48. The van der Waals surface area contributed by atoms with Crippen LogP contribution in [-0.4, -0.2) is 39.6 Å². The van der Waals surface area contributed by atoms with Gasteiger partial charge >= 0.3 is 0 Å². The molecule has 0 aromatic heterocycles. The van der Waals surface area contributed by atoms with Gasteiger partial charge < -0.3 is 18.9 Å². The lowest BCUT2D eigenvalue weighted by molar-refractivity contribution is -0.124. The van der Waals surface area contributed by atoms with E-state index in [4.69, 9.17) is 24.2 Å². The van der Waals surface area contributed by atoms with E-state index in [1.807, 2.05) is 6.07 Å². The molecule has 0 unspecified atom stereocenters. The number of hydroxylamine groups is 1. The van der Waals surface area contributed by atoms with Gasteiger partial charge in [-0.15, -0.1) is 0 Å². The normalized spacial score (nSPS) is 10.5. The van der Waals surface area contributed by atoms with E-state index >= 15 is 0 Å². The third-order valence-corrected chi connectivity index (χ3v) is 4.12. The van der Waals surface area contributed by atoms with Crippen molar-refractivity contribution >= 4 is 17.6 Å². The summed E-state index contributed by atoms with van der Waals surface area (Å²) in [5.74, 6) is 1.46. The first-order valence-electron chi connectivity index (χ1n) is 8.28. The van der Waals surface area contributed by atoms with Gasteiger partial charge in [-0.1, -0.05) is 12.6 Å². The van der Waals surface area contributed by atoms with Gasteiger partial charge in [0.2, 0.25) is 5.75 Å². The Balaban J connectivity index is 2.57. The zero-order valence-electron chi connectivity index (χ0n) is 16.2. The van der Waals surface area contributed by atoms with Crippen LogP contribution in [-0.2, 0) is 4.79 Å². The van der Waals surface area contributed by atoms with Crippen molar-refractivity contribution in [2.24, 2.45) is 0 Å². The third kappa shape index (κ3) is 4.44. The van der Waals surface area contributed by atoms with Crippen molar-refractivity contribution < 1.29 is 28.9 Å². The lowest BCUT2D eigenvalue weighted by atomic mass is 9.94. The molecule has 28 heavy (non-hydrogen) atoms. The highest BCUT2D eigenvalue weighted by molar-refractivity contribution is 5.93. The highest BCUT2D eigenvalue weighted by Gasteiger charge is 2.16. The highest BCUT2D eigenvalue weighted by Crippen LogP contribution is 2.41. The number of amides is 1. The van der Waals surface area contributed by atoms with Gasteiger partial charge in [-0.3, -0.25) is 10.0 Å². The van der Waals surface area contributed by atoms with Crippen LogP contribution in [0.25, 0.3) is 11.6 Å². The summed E-state index contributed by atoms with van der Waals surface area (Å²) in [5, 5.41) is 8.70. The summed E-state index contributed by atoms with van der Waals surface area (Å²) in [7, 11) is 6.17. The monoisotopic (exact) mass is 385 g/mol. The molecular weight excluding hydrogens is 362 g/mol. The van der Waals surface area contributed by atoms with E-state index < -0.39 is 5.91 Å². The first kappa shape index (κ1) is 20.9. The number of carbonyl (C=O) groups is 1. The molecule has 0 aliphatic carbocycles. The Labute approximate surface area is 163 Å². The van der Waals surface area contributed by atoms with E-state index in [1.54, 1.807) is 57.2 Å². The Hall–Kier alpha value is -3.45. The number of nitrogens with one attached hydrogen (secondary N) is 1. The van der Waals surface area contributed by atoms with Crippen LogP contribution < -0.4 is 24.4 Å². The lowest BCUT2D eigenvalue weighted by Crippen LogP contribution is -2.14. The molecule has 2 N–H and O–H groups in total. The molecule has 7 nitrogen and oxygen atoms in total. The number of carbonyl (C=O) groups excluding carboxylic acids is 1. The zero-order chi connectivity index (χ0) is 20.7. The van der Waals surface area contributed by atoms with Crippen LogP contribution in [0.15, 0.2) is 43.0 Å². The summed E-state index contributed by atoms with van der Waals surface area (Å²) in [6.07, 6.45) is 2.77. The van der Waals surface area contributed by atoms with Gasteiger partial charge in [-0.2, -0.15) is 0 Å². The summed E-state index contributed by atoms with van der Waals surface area (Å²) in [4.78, 5) is 11.4. The molecule has 0 aliphatic heterocycles. The number of ether oxygens (including phenoxy) is 4. The molecule has 0 spiro atoms. The summed E-state index contributed by atoms with van der Waals surface area (Å²) in [5.41, 5.74) is 4.43. The maximum atomic E-state index is 11.4. The fourth-order valence-corrected chi connectivity index (χ4v) is 2.69. The predicted molar refractivity (Wildman–Crippen MR) is 106 cm³/mol. The minimum absolute atomic E-state index is 0.482. The second-order valence-corrected chi connectivity index (χ2v) is 5.66. The van der Waals surface area contributed by atoms with Gasteiger partial charge in [0, 0.05) is 6.08 Å². The molecule has 7 heteroatoms. The average molecular weight is 385 g/mol. The van der Waals surface area contributed by atoms with Crippen LogP contribution >= 0.6 is 0 Å². The number of benzene rings is 2. The lowest BCUT2D eigenvalue weighted by Gasteiger charge is -2.16. The molecule has 0 atom stereocenters. The molecule has 0 saturated heterocycles. The number of rotatable bonds is 8. The van der Waals surface area contributed by atoms with Gasteiger partial charge in [-0.25, -0.2) is 5.48 Å². The van der Waals surface area contributed by atoms with E-state index in [9.17, 15) is 4.79 Å². The van der Waals surface area contributed by atoms with Gasteiger partial charge in [0.05, 0.1) is 28.4 Å². The fourth-order valence-electron chi connectivity index (χ4n) is 2.69. The van der Waals surface area contributed by atoms with Crippen molar-refractivity contribution in [3.63, 3.8) is 0 Å². The molecular formula is C21H23NO6. The summed E-state index contributed by atoms with van der Waals surface area (Å²) < 4.78 is 21.4. The standard InChI is InChI=1S/C21H23NO6/c1-13(15-11-18(26-3)21(28-5)19(12-15)27-4)17-8-7-16(25-2)10-14(17)6-9-20(23)22-24/h6-12,24H,1H2,2-5H3,(H,22,23)/b9-6+. The van der Waals surface area contributed by atoms with Crippen molar-refractivity contribution in [1.29, 1.82) is 0 Å². The molecule has 0 heterocycles. The molecule has 148 valence electrons. The third-order valence-electron chi connectivity index (χ3n) is 4.12. The van der Waals surface area contributed by atoms with E-state index in [1.165, 1.54) is 13.2 Å². The largest absolute Gasteiger partial charge is 0.497 e. The van der Waals surface area contributed by atoms with Crippen LogP contribution in [0.3, 0.4) is 0 Å². The van der Waals surface area contributed by atoms with E-state index in [2.05, 4.69) is 6.58 Å². The quantitative estimate of drug-likeness (QED) is 0.412. The molecule has 0 radical (unpaired) electrons. The zero-order valence-corrected chi connectivity index (χ0v) is 16.2. The van der Waals surface area contributed by atoms with Gasteiger partial charge in [0.25, 0.3) is 5.91 Å². The van der Waals surface area contributed by atoms with Crippen LogP contribution in [0, 0.1) is 0 Å². The second-order valence-electron chi connectivity index (χ2n) is 5.66. The Bertz CT molecular complexity index is 879. The Kier molecular flexibility index (Phi) is 7.06. The maximum Gasteiger partial charge on any atom is 0.267 e. The minimum Gasteiger partial charge on any atom is -0.497 e. The number of hydrogen-bond acceptors (Lipinski definition) is 6. The van der Waals surface area contributed by atoms with Gasteiger partial charge in [0.15, 0.2) is 11.5 Å². The Morgan fingerprint density at radius 2 is 1.64 bits per heavy atom. The van der Waals surface area contributed by atoms with Crippen molar-refractivity contribution in [1.82, 2.24) is 5.48 Å². The fraction of sp³-hybridized carbons (Fsp3) is 0.190. The van der Waals surface area contributed by atoms with E-state index in [0.29, 0.717) is 34.1 Å². The van der Waals surface area contributed by atoms with Crippen LogP contribution in [0.2, 0.25) is 0 Å². The number of hydrogen-bond donors (Lipinski definition) is 2.